The van der Waals surface area contributed by atoms with Gasteiger partial charge in [-0.2, -0.15) is 0 Å². The number of urea groups is 1. The quantitative estimate of drug-likeness (QED) is 0.371. The molecule has 0 spiro atoms. The summed E-state index contributed by atoms with van der Waals surface area (Å²) < 4.78 is 6.05. The van der Waals surface area contributed by atoms with Crippen LogP contribution < -0.4 is 25.6 Å². The van der Waals surface area contributed by atoms with Crippen LogP contribution in [-0.2, 0) is 0 Å². The predicted octanol–water partition coefficient (Wildman–Crippen LogP) is 5.13. The average molecular weight is 475 g/mol. The number of halogens is 1. The van der Waals surface area contributed by atoms with Gasteiger partial charge in [0.25, 0.3) is 0 Å². The van der Waals surface area contributed by atoms with Gasteiger partial charge in [-0.25, -0.2) is 9.78 Å². The van der Waals surface area contributed by atoms with Gasteiger partial charge in [-0.05, 0) is 42.5 Å². The van der Waals surface area contributed by atoms with Gasteiger partial charge >= 0.3 is 6.03 Å². The molecule has 0 radical (unpaired) electrons. The van der Waals surface area contributed by atoms with Crippen molar-refractivity contribution in [3.05, 3.63) is 77.9 Å². The normalized spacial score (nSPS) is 13.5. The Hall–Kier alpha value is -3.88. The largest absolute Gasteiger partial charge is 0.457 e. The summed E-state index contributed by atoms with van der Waals surface area (Å²) in [5.74, 6) is 2.09. The molecule has 3 N–H and O–H groups in total. The Balaban J connectivity index is 1.28. The Labute approximate surface area is 201 Å². The van der Waals surface area contributed by atoms with Gasteiger partial charge < -0.3 is 25.6 Å². The molecule has 1 aliphatic rings. The molecule has 34 heavy (non-hydrogen) atoms. The van der Waals surface area contributed by atoms with Gasteiger partial charge in [0.1, 0.15) is 17.3 Å². The van der Waals surface area contributed by atoms with E-state index in [9.17, 15) is 4.79 Å². The maximum absolute atomic E-state index is 12.3. The number of piperazine rings is 1. The second-order valence-corrected chi connectivity index (χ2v) is 8.27. The van der Waals surface area contributed by atoms with Gasteiger partial charge in [0.15, 0.2) is 0 Å². The molecule has 1 aliphatic heterocycles. The zero-order chi connectivity index (χ0) is 23.3. The maximum atomic E-state index is 12.3. The highest BCUT2D eigenvalue weighted by Gasteiger charge is 2.13. The average Bonchev–Trinajstić information content (AvgIpc) is 2.84. The van der Waals surface area contributed by atoms with E-state index in [2.05, 4.69) is 25.8 Å². The van der Waals surface area contributed by atoms with Crippen LogP contribution in [0, 0.1) is 0 Å². The monoisotopic (exact) mass is 474 g/mol. The third kappa shape index (κ3) is 5.36. The van der Waals surface area contributed by atoms with Crippen LogP contribution in [0.1, 0.15) is 0 Å². The topological polar surface area (TPSA) is 91.4 Å². The number of carbonyl (C=O) groups excluding carboxylic acids is 1. The number of aromatic nitrogens is 2. The first kappa shape index (κ1) is 21.9. The van der Waals surface area contributed by atoms with Gasteiger partial charge in [-0.15, -0.1) is 0 Å². The van der Waals surface area contributed by atoms with Crippen molar-refractivity contribution in [1.82, 2.24) is 15.3 Å². The van der Waals surface area contributed by atoms with E-state index in [0.717, 1.165) is 43.0 Å². The lowest BCUT2D eigenvalue weighted by Gasteiger charge is -2.28. The predicted molar refractivity (Wildman–Crippen MR) is 135 cm³/mol. The van der Waals surface area contributed by atoms with E-state index in [-0.39, 0.29) is 6.03 Å². The summed E-state index contributed by atoms with van der Waals surface area (Å²) in [5.41, 5.74) is 2.77. The summed E-state index contributed by atoms with van der Waals surface area (Å²) in [4.78, 5) is 23.9. The number of benzene rings is 3. The molecule has 8 nitrogen and oxygen atoms in total. The van der Waals surface area contributed by atoms with E-state index in [0.29, 0.717) is 27.9 Å². The van der Waals surface area contributed by atoms with Crippen LogP contribution in [0.15, 0.2) is 72.9 Å². The zero-order valence-corrected chi connectivity index (χ0v) is 19.0. The number of anilines is 3. The van der Waals surface area contributed by atoms with E-state index in [1.165, 1.54) is 0 Å². The van der Waals surface area contributed by atoms with Crippen LogP contribution in [-0.4, -0.2) is 42.2 Å². The molecule has 0 saturated carbocycles. The molecule has 2 amide bonds. The summed E-state index contributed by atoms with van der Waals surface area (Å²) in [6.45, 7) is 3.68. The second-order valence-electron chi connectivity index (χ2n) is 7.84. The highest BCUT2D eigenvalue weighted by atomic mass is 35.5. The van der Waals surface area contributed by atoms with Crippen molar-refractivity contribution in [1.29, 1.82) is 0 Å². The molecule has 172 valence electrons. The molecule has 1 fully saturated rings. The van der Waals surface area contributed by atoms with Crippen LogP contribution in [0.3, 0.4) is 0 Å². The number of nitrogens with zero attached hydrogens (tertiary/aromatic N) is 3. The van der Waals surface area contributed by atoms with E-state index in [1.54, 1.807) is 36.4 Å². The molecule has 0 atom stereocenters. The Morgan fingerprint density at radius 3 is 2.44 bits per heavy atom. The molecule has 0 unspecified atom stereocenters. The zero-order valence-electron chi connectivity index (χ0n) is 18.3. The first-order valence-corrected chi connectivity index (χ1v) is 11.3. The van der Waals surface area contributed by atoms with Crippen molar-refractivity contribution in [3.63, 3.8) is 0 Å². The van der Waals surface area contributed by atoms with Crippen molar-refractivity contribution in [2.45, 2.75) is 0 Å². The number of amides is 2. The SMILES string of the molecule is O=C(Nc1cccc(Cl)c1)Nc1cccc(Oc2ccc3ncc(N4CCNCC4)nc3c2)c1. The number of fused-ring (bicyclic) bond motifs is 1. The first-order chi connectivity index (χ1) is 16.6. The minimum atomic E-state index is -0.374. The summed E-state index contributed by atoms with van der Waals surface area (Å²) in [5, 5.41) is 9.45. The number of nitrogens with one attached hydrogen (secondary N) is 3. The smallest absolute Gasteiger partial charge is 0.323 e. The highest BCUT2D eigenvalue weighted by molar-refractivity contribution is 6.30. The summed E-state index contributed by atoms with van der Waals surface area (Å²) >= 11 is 5.97. The highest BCUT2D eigenvalue weighted by Crippen LogP contribution is 2.27. The fourth-order valence-corrected chi connectivity index (χ4v) is 3.91. The van der Waals surface area contributed by atoms with Gasteiger partial charge in [0.05, 0.1) is 17.2 Å². The van der Waals surface area contributed by atoms with Crippen molar-refractivity contribution in [2.75, 3.05) is 41.7 Å². The Morgan fingerprint density at radius 2 is 1.65 bits per heavy atom. The fourth-order valence-electron chi connectivity index (χ4n) is 3.72. The lowest BCUT2D eigenvalue weighted by atomic mass is 10.2. The van der Waals surface area contributed by atoms with Crippen LogP contribution in [0.25, 0.3) is 11.0 Å². The first-order valence-electron chi connectivity index (χ1n) is 11.0. The van der Waals surface area contributed by atoms with Gasteiger partial charge in [0.2, 0.25) is 0 Å². The third-order valence-corrected chi connectivity index (χ3v) is 5.59. The van der Waals surface area contributed by atoms with Gasteiger partial charge in [-0.1, -0.05) is 23.7 Å². The van der Waals surface area contributed by atoms with Gasteiger partial charge in [-0.3, -0.25) is 4.98 Å². The summed E-state index contributed by atoms with van der Waals surface area (Å²) in [7, 11) is 0. The van der Waals surface area contributed by atoms with Crippen molar-refractivity contribution >= 4 is 45.9 Å². The second kappa shape index (κ2) is 9.94. The molecule has 3 aromatic carbocycles. The maximum Gasteiger partial charge on any atom is 0.323 e. The Morgan fingerprint density at radius 1 is 0.912 bits per heavy atom. The van der Waals surface area contributed by atoms with E-state index in [1.807, 2.05) is 36.5 Å². The van der Waals surface area contributed by atoms with Crippen molar-refractivity contribution in [3.8, 4) is 11.5 Å². The molecule has 2 heterocycles. The van der Waals surface area contributed by atoms with E-state index >= 15 is 0 Å². The number of carbonyl (C=O) groups is 1. The van der Waals surface area contributed by atoms with Gasteiger partial charge in [0, 0.05) is 54.7 Å². The van der Waals surface area contributed by atoms with E-state index in [4.69, 9.17) is 21.3 Å². The molecular formula is C25H23ClN6O2. The minimum Gasteiger partial charge on any atom is -0.457 e. The summed E-state index contributed by atoms with van der Waals surface area (Å²) in [6.07, 6.45) is 1.82. The number of rotatable bonds is 5. The molecule has 1 saturated heterocycles. The lowest BCUT2D eigenvalue weighted by Crippen LogP contribution is -2.43. The van der Waals surface area contributed by atoms with E-state index < -0.39 is 0 Å². The molecule has 9 heteroatoms. The van der Waals surface area contributed by atoms with Crippen LogP contribution >= 0.6 is 11.6 Å². The van der Waals surface area contributed by atoms with Crippen LogP contribution in [0.2, 0.25) is 5.02 Å². The molecule has 4 aromatic rings. The van der Waals surface area contributed by atoms with Crippen molar-refractivity contribution in [2.24, 2.45) is 0 Å². The number of hydrogen-bond donors (Lipinski definition) is 3. The Bertz CT molecular complexity index is 1330. The third-order valence-electron chi connectivity index (χ3n) is 5.35. The number of ether oxygens (including phenoxy) is 1. The lowest BCUT2D eigenvalue weighted by molar-refractivity contribution is 0.262. The Kier molecular flexibility index (Phi) is 6.42. The van der Waals surface area contributed by atoms with Crippen LogP contribution in [0.4, 0.5) is 22.0 Å². The molecule has 5 rings (SSSR count). The van der Waals surface area contributed by atoms with Crippen molar-refractivity contribution < 1.29 is 9.53 Å². The molecule has 0 bridgehead atoms. The standard InChI is InChI=1S/C25H23ClN6O2/c26-17-3-1-4-18(13-17)29-25(33)30-19-5-2-6-20(14-19)34-21-7-8-22-23(15-21)31-24(16-28-22)32-11-9-27-10-12-32/h1-8,13-16,27H,9-12H2,(H2,29,30,33). The number of hydrogen-bond acceptors (Lipinski definition) is 6. The molecule has 1 aromatic heterocycles. The van der Waals surface area contributed by atoms with Crippen LogP contribution in [0.5, 0.6) is 11.5 Å². The summed E-state index contributed by atoms with van der Waals surface area (Å²) in [6, 6.07) is 19.4. The molecular weight excluding hydrogens is 452 g/mol. The minimum absolute atomic E-state index is 0.374. The fraction of sp³-hybridized carbons (Fsp3) is 0.160. The molecule has 0 aliphatic carbocycles.